The van der Waals surface area contributed by atoms with Gasteiger partial charge in [0.2, 0.25) is 5.91 Å². The summed E-state index contributed by atoms with van der Waals surface area (Å²) in [4.78, 5) is 12.1. The molecule has 2 rings (SSSR count). The van der Waals surface area contributed by atoms with Gasteiger partial charge < -0.3 is 5.32 Å². The van der Waals surface area contributed by atoms with Crippen molar-refractivity contribution in [3.8, 4) is 0 Å². The number of hydrogen-bond donors (Lipinski definition) is 1. The zero-order valence-corrected chi connectivity index (χ0v) is 12.1. The Kier molecular flexibility index (Phi) is 4.06. The van der Waals surface area contributed by atoms with Gasteiger partial charge in [-0.25, -0.2) is 0 Å². The van der Waals surface area contributed by atoms with Gasteiger partial charge in [-0.15, -0.1) is 0 Å². The quantitative estimate of drug-likeness (QED) is 0.790. The fraction of sp³-hybridized carbons (Fsp3) is 0.929. The van der Waals surface area contributed by atoms with Crippen LogP contribution >= 0.6 is 11.8 Å². The van der Waals surface area contributed by atoms with E-state index in [2.05, 4.69) is 25.4 Å². The maximum Gasteiger partial charge on any atom is 0.223 e. The van der Waals surface area contributed by atoms with Gasteiger partial charge in [-0.05, 0) is 50.2 Å². The number of amides is 1. The van der Waals surface area contributed by atoms with Gasteiger partial charge in [-0.3, -0.25) is 4.79 Å². The lowest BCUT2D eigenvalue weighted by Crippen LogP contribution is -2.41. The summed E-state index contributed by atoms with van der Waals surface area (Å²) in [5, 5.41) is 3.20. The molecule has 2 saturated carbocycles. The van der Waals surface area contributed by atoms with Crippen LogP contribution in [0.5, 0.6) is 0 Å². The zero-order valence-electron chi connectivity index (χ0n) is 11.3. The summed E-state index contributed by atoms with van der Waals surface area (Å²) >= 11 is 1.90. The fourth-order valence-electron chi connectivity index (χ4n) is 3.18. The van der Waals surface area contributed by atoms with Crippen LogP contribution in [0.2, 0.25) is 0 Å². The third-order valence-electron chi connectivity index (χ3n) is 4.92. The molecule has 0 aromatic carbocycles. The van der Waals surface area contributed by atoms with Crippen molar-refractivity contribution in [1.82, 2.24) is 5.32 Å². The zero-order chi connectivity index (χ0) is 12.5. The normalized spacial score (nSPS) is 31.1. The van der Waals surface area contributed by atoms with Gasteiger partial charge in [0.15, 0.2) is 0 Å². The van der Waals surface area contributed by atoms with Crippen molar-refractivity contribution in [2.75, 3.05) is 12.8 Å². The number of carbonyl (C=O) groups excluding carboxylic acids is 1. The van der Waals surface area contributed by atoms with Crippen LogP contribution in [0.1, 0.15) is 46.0 Å². The lowest BCUT2D eigenvalue weighted by atomic mass is 10.00. The Hall–Kier alpha value is -0.180. The largest absolute Gasteiger partial charge is 0.354 e. The Balaban J connectivity index is 1.78. The van der Waals surface area contributed by atoms with E-state index in [4.69, 9.17) is 0 Å². The van der Waals surface area contributed by atoms with Crippen LogP contribution in [-0.2, 0) is 4.79 Å². The van der Waals surface area contributed by atoms with Gasteiger partial charge in [0, 0.05) is 17.2 Å². The van der Waals surface area contributed by atoms with Crippen molar-refractivity contribution >= 4 is 17.7 Å². The molecule has 1 N–H and O–H groups in total. The highest BCUT2D eigenvalue weighted by atomic mass is 32.2. The van der Waals surface area contributed by atoms with Crippen LogP contribution in [0.3, 0.4) is 0 Å². The first kappa shape index (κ1) is 13.3. The molecule has 2 fully saturated rings. The van der Waals surface area contributed by atoms with E-state index in [1.807, 2.05) is 11.8 Å². The smallest absolute Gasteiger partial charge is 0.223 e. The van der Waals surface area contributed by atoms with Crippen molar-refractivity contribution in [3.63, 3.8) is 0 Å². The molecule has 2 nitrogen and oxygen atoms in total. The second-order valence-electron chi connectivity index (χ2n) is 5.74. The summed E-state index contributed by atoms with van der Waals surface area (Å²) in [5.74, 6) is 2.44. The molecule has 0 spiro atoms. The van der Waals surface area contributed by atoms with Crippen LogP contribution in [0.25, 0.3) is 0 Å². The first-order chi connectivity index (χ1) is 8.14. The molecule has 98 valence electrons. The molecule has 0 bridgehead atoms. The minimum absolute atomic E-state index is 0.247. The molecule has 17 heavy (non-hydrogen) atoms. The van der Waals surface area contributed by atoms with Crippen molar-refractivity contribution in [2.45, 2.75) is 50.7 Å². The van der Waals surface area contributed by atoms with Crippen LogP contribution < -0.4 is 5.32 Å². The number of thioether (sulfide) groups is 1. The fourth-order valence-corrected chi connectivity index (χ4v) is 3.98. The molecule has 0 aliphatic heterocycles. The van der Waals surface area contributed by atoms with Gasteiger partial charge in [0.05, 0.1) is 0 Å². The second-order valence-corrected chi connectivity index (χ2v) is 7.01. The minimum atomic E-state index is 0.247. The molecule has 1 amide bonds. The van der Waals surface area contributed by atoms with Crippen molar-refractivity contribution in [3.05, 3.63) is 0 Å². The summed E-state index contributed by atoms with van der Waals surface area (Å²) in [6, 6.07) is 0. The van der Waals surface area contributed by atoms with Crippen molar-refractivity contribution in [1.29, 1.82) is 0 Å². The maximum atomic E-state index is 12.1. The average molecular weight is 255 g/mol. The highest BCUT2D eigenvalue weighted by Gasteiger charge is 2.48. The van der Waals surface area contributed by atoms with Crippen molar-refractivity contribution < 1.29 is 4.79 Å². The lowest BCUT2D eigenvalue weighted by molar-refractivity contribution is -0.125. The molecule has 2 aliphatic carbocycles. The van der Waals surface area contributed by atoms with E-state index in [9.17, 15) is 4.79 Å². The Morgan fingerprint density at radius 2 is 1.82 bits per heavy atom. The van der Waals surface area contributed by atoms with Gasteiger partial charge in [0.25, 0.3) is 0 Å². The Labute approximate surface area is 109 Å². The Bertz CT molecular complexity index is 270. The number of fused-ring (bicyclic) bond motifs is 1. The number of rotatable bonds is 6. The summed E-state index contributed by atoms with van der Waals surface area (Å²) in [7, 11) is 0. The predicted octanol–water partition coefficient (Wildman–Crippen LogP) is 3.07. The third kappa shape index (κ3) is 2.81. The van der Waals surface area contributed by atoms with E-state index in [0.717, 1.165) is 44.1 Å². The van der Waals surface area contributed by atoms with Crippen LogP contribution in [0, 0.1) is 17.8 Å². The minimum Gasteiger partial charge on any atom is -0.354 e. The van der Waals surface area contributed by atoms with E-state index >= 15 is 0 Å². The number of nitrogens with one attached hydrogen (secondary N) is 1. The van der Waals surface area contributed by atoms with Gasteiger partial charge in [-0.2, -0.15) is 11.8 Å². The molecule has 0 saturated heterocycles. The highest BCUT2D eigenvalue weighted by molar-refractivity contribution is 8.00. The molecule has 0 radical (unpaired) electrons. The molecule has 0 heterocycles. The monoisotopic (exact) mass is 255 g/mol. The van der Waals surface area contributed by atoms with Crippen LogP contribution in [0.15, 0.2) is 0 Å². The third-order valence-corrected chi connectivity index (χ3v) is 6.51. The SMILES string of the molecule is CCC(CC)(CNC(=O)C1CC2CC2C1)SC. The molecule has 2 aliphatic rings. The van der Waals surface area contributed by atoms with E-state index in [1.54, 1.807) is 0 Å². The maximum absolute atomic E-state index is 12.1. The Morgan fingerprint density at radius 1 is 1.24 bits per heavy atom. The first-order valence-corrected chi connectivity index (χ1v) is 8.19. The molecule has 3 heteroatoms. The van der Waals surface area contributed by atoms with Crippen molar-refractivity contribution in [2.24, 2.45) is 17.8 Å². The summed E-state index contributed by atoms with van der Waals surface area (Å²) in [5.41, 5.74) is 0. The molecular formula is C14H25NOS. The molecule has 2 atom stereocenters. The molecule has 0 aromatic rings. The van der Waals surface area contributed by atoms with Gasteiger partial charge >= 0.3 is 0 Å². The van der Waals surface area contributed by atoms with Gasteiger partial charge in [-0.1, -0.05) is 13.8 Å². The summed E-state index contributed by atoms with van der Waals surface area (Å²) < 4.78 is 0.247. The summed E-state index contributed by atoms with van der Waals surface area (Å²) in [6.45, 7) is 5.28. The molecular weight excluding hydrogens is 230 g/mol. The summed E-state index contributed by atoms with van der Waals surface area (Å²) in [6.07, 6.45) is 8.11. The second kappa shape index (κ2) is 5.21. The molecule has 2 unspecified atom stereocenters. The van der Waals surface area contributed by atoms with E-state index in [0.29, 0.717) is 11.8 Å². The number of carbonyl (C=O) groups is 1. The van der Waals surface area contributed by atoms with Gasteiger partial charge in [0.1, 0.15) is 0 Å². The van der Waals surface area contributed by atoms with Crippen LogP contribution in [-0.4, -0.2) is 23.5 Å². The highest BCUT2D eigenvalue weighted by Crippen LogP contribution is 2.54. The predicted molar refractivity (Wildman–Crippen MR) is 74.2 cm³/mol. The number of hydrogen-bond acceptors (Lipinski definition) is 2. The average Bonchev–Trinajstić information content (AvgIpc) is 2.98. The molecule has 0 aromatic heterocycles. The lowest BCUT2D eigenvalue weighted by Gasteiger charge is -2.30. The van der Waals surface area contributed by atoms with E-state index in [1.165, 1.54) is 6.42 Å². The topological polar surface area (TPSA) is 29.1 Å². The van der Waals surface area contributed by atoms with E-state index < -0.39 is 0 Å². The first-order valence-electron chi connectivity index (χ1n) is 6.97. The standard InChI is InChI=1S/C14H25NOS/c1-4-14(5-2,17-3)9-15-13(16)12-7-10-6-11(10)8-12/h10-12H,4-9H2,1-3H3,(H,15,16). The van der Waals surface area contributed by atoms with Crippen LogP contribution in [0.4, 0.5) is 0 Å². The van der Waals surface area contributed by atoms with E-state index in [-0.39, 0.29) is 4.75 Å². The Morgan fingerprint density at radius 3 is 2.29 bits per heavy atom.